The molecule has 32 heavy (non-hydrogen) atoms. The van der Waals surface area contributed by atoms with Crippen molar-refractivity contribution in [2.45, 2.75) is 33.2 Å². The zero-order chi connectivity index (χ0) is 23.1. The molecule has 0 fully saturated rings. The molecule has 0 radical (unpaired) electrons. The fourth-order valence-electron chi connectivity index (χ4n) is 3.23. The van der Waals surface area contributed by atoms with Gasteiger partial charge in [0.2, 0.25) is 0 Å². The van der Waals surface area contributed by atoms with Gasteiger partial charge < -0.3 is 9.73 Å². The Balaban J connectivity index is 0.000000352. The third kappa shape index (κ3) is 5.60. The summed E-state index contributed by atoms with van der Waals surface area (Å²) in [6.07, 6.45) is 0. The number of nitrogens with zero attached hydrogens (tertiary/aromatic N) is 1. The maximum absolute atomic E-state index is 12.0. The van der Waals surface area contributed by atoms with Gasteiger partial charge in [-0.05, 0) is 36.1 Å². The minimum Gasteiger partial charge on any atom is -0.418 e. The Morgan fingerprint density at radius 2 is 1.56 bits per heavy atom. The number of fused-ring (bicyclic) bond motifs is 1. The Morgan fingerprint density at radius 1 is 0.938 bits per heavy atom. The molecule has 4 aromatic rings. The van der Waals surface area contributed by atoms with Crippen molar-refractivity contribution in [2.75, 3.05) is 5.32 Å². The van der Waals surface area contributed by atoms with E-state index in [0.717, 1.165) is 5.56 Å². The fourth-order valence-corrected chi connectivity index (χ4v) is 3.23. The molecule has 3 aromatic carbocycles. The van der Waals surface area contributed by atoms with Crippen molar-refractivity contribution in [2.24, 2.45) is 0 Å². The van der Waals surface area contributed by atoms with Crippen LogP contribution >= 0.6 is 0 Å². The Labute approximate surface area is 186 Å². The van der Waals surface area contributed by atoms with Gasteiger partial charge in [0.15, 0.2) is 0 Å². The van der Waals surface area contributed by atoms with Gasteiger partial charge >= 0.3 is 11.3 Å². The van der Waals surface area contributed by atoms with E-state index in [9.17, 15) is 14.9 Å². The number of hydrogen-bond acceptors (Lipinski definition) is 5. The Bertz CT molecular complexity index is 1250. The van der Waals surface area contributed by atoms with E-state index in [0.29, 0.717) is 23.4 Å². The van der Waals surface area contributed by atoms with E-state index in [1.807, 2.05) is 42.5 Å². The third-order valence-electron chi connectivity index (χ3n) is 5.03. The van der Waals surface area contributed by atoms with E-state index in [1.54, 1.807) is 24.3 Å². The van der Waals surface area contributed by atoms with Crippen LogP contribution < -0.4 is 10.9 Å². The van der Waals surface area contributed by atoms with Crippen molar-refractivity contribution in [3.63, 3.8) is 0 Å². The first kappa shape index (κ1) is 22.7. The van der Waals surface area contributed by atoms with Gasteiger partial charge in [0.05, 0.1) is 4.92 Å². The zero-order valence-electron chi connectivity index (χ0n) is 18.4. The topological polar surface area (TPSA) is 85.4 Å². The molecule has 1 heterocycles. The predicted molar refractivity (Wildman–Crippen MR) is 128 cm³/mol. The monoisotopic (exact) mass is 430 g/mol. The van der Waals surface area contributed by atoms with Gasteiger partial charge in [-0.15, -0.1) is 0 Å². The lowest BCUT2D eigenvalue weighted by atomic mass is 10.0. The average molecular weight is 431 g/mol. The van der Waals surface area contributed by atoms with Crippen molar-refractivity contribution >= 4 is 22.3 Å². The molecule has 6 nitrogen and oxygen atoms in total. The molecule has 0 aliphatic carbocycles. The molecule has 0 unspecified atom stereocenters. The number of benzene rings is 3. The number of nitro groups is 1. The van der Waals surface area contributed by atoms with Crippen LogP contribution in [-0.4, -0.2) is 4.92 Å². The van der Waals surface area contributed by atoms with Crippen LogP contribution in [0.5, 0.6) is 0 Å². The van der Waals surface area contributed by atoms with E-state index >= 15 is 0 Å². The Kier molecular flexibility index (Phi) is 7.39. The molecular weight excluding hydrogens is 404 g/mol. The lowest BCUT2D eigenvalue weighted by molar-refractivity contribution is -0.386. The lowest BCUT2D eigenvalue weighted by Crippen LogP contribution is -2.12. The molecule has 0 spiro atoms. The number of rotatable bonds is 5. The van der Waals surface area contributed by atoms with E-state index in [2.05, 4.69) is 38.2 Å². The molecule has 164 valence electrons. The van der Waals surface area contributed by atoms with Gasteiger partial charge in [-0.25, -0.2) is 4.79 Å². The number of anilines is 1. The maximum atomic E-state index is 12.0. The average Bonchev–Trinajstić information content (AvgIpc) is 2.78. The molecule has 0 atom stereocenters. The highest BCUT2D eigenvalue weighted by molar-refractivity contribution is 5.94. The normalized spacial score (nSPS) is 10.5. The summed E-state index contributed by atoms with van der Waals surface area (Å²) in [5.41, 5.74) is 2.48. The fraction of sp³-hybridized carbons (Fsp3) is 0.192. The predicted octanol–water partition coefficient (Wildman–Crippen LogP) is 6.43. The number of nitrogens with one attached hydrogen (secondary N) is 1. The van der Waals surface area contributed by atoms with Gasteiger partial charge in [-0.3, -0.25) is 10.1 Å². The zero-order valence-corrected chi connectivity index (χ0v) is 18.4. The number of para-hydroxylation sites is 1. The SMILES string of the molecule is CC(C)c1ccc(CNc2c([N+](=O)[O-])c(=O)oc3ccccc23)cc1.Cc1ccccc1. The summed E-state index contributed by atoms with van der Waals surface area (Å²) in [5.74, 6) is 0.436. The van der Waals surface area contributed by atoms with Gasteiger partial charge in [0.1, 0.15) is 11.3 Å². The molecule has 0 aliphatic rings. The lowest BCUT2D eigenvalue weighted by Gasteiger charge is -2.10. The molecule has 0 saturated heterocycles. The van der Waals surface area contributed by atoms with Crippen molar-refractivity contribution < 1.29 is 9.34 Å². The molecule has 0 bridgehead atoms. The first-order chi connectivity index (χ1) is 15.4. The van der Waals surface area contributed by atoms with E-state index in [4.69, 9.17) is 4.42 Å². The van der Waals surface area contributed by atoms with E-state index in [-0.39, 0.29) is 5.69 Å². The summed E-state index contributed by atoms with van der Waals surface area (Å²) in [6, 6.07) is 25.0. The van der Waals surface area contributed by atoms with Crippen LogP contribution in [0.4, 0.5) is 11.4 Å². The van der Waals surface area contributed by atoms with E-state index < -0.39 is 16.2 Å². The summed E-state index contributed by atoms with van der Waals surface area (Å²) in [5, 5.41) is 14.9. The van der Waals surface area contributed by atoms with Crippen LogP contribution in [0.15, 0.2) is 88.1 Å². The smallest absolute Gasteiger partial charge is 0.417 e. The summed E-state index contributed by atoms with van der Waals surface area (Å²) in [6.45, 7) is 6.69. The molecule has 4 rings (SSSR count). The third-order valence-corrected chi connectivity index (χ3v) is 5.03. The number of hydrogen-bond donors (Lipinski definition) is 1. The highest BCUT2D eigenvalue weighted by atomic mass is 16.6. The van der Waals surface area contributed by atoms with Crippen LogP contribution in [0.1, 0.15) is 36.5 Å². The van der Waals surface area contributed by atoms with Crippen LogP contribution in [0.25, 0.3) is 11.0 Å². The van der Waals surface area contributed by atoms with Gasteiger partial charge in [-0.1, -0.05) is 86.1 Å². The van der Waals surface area contributed by atoms with Gasteiger partial charge in [-0.2, -0.15) is 0 Å². The quantitative estimate of drug-likeness (QED) is 0.224. The summed E-state index contributed by atoms with van der Waals surface area (Å²) >= 11 is 0. The highest BCUT2D eigenvalue weighted by Crippen LogP contribution is 2.30. The summed E-state index contributed by atoms with van der Waals surface area (Å²) in [7, 11) is 0. The minimum atomic E-state index is -0.957. The van der Waals surface area contributed by atoms with Crippen LogP contribution in [-0.2, 0) is 6.54 Å². The number of aryl methyl sites for hydroxylation is 1. The maximum Gasteiger partial charge on any atom is 0.417 e. The Morgan fingerprint density at radius 3 is 2.12 bits per heavy atom. The standard InChI is InChI=1S/C19H18N2O4.C7H8/c1-12(2)14-9-7-13(8-10-14)11-20-17-15-5-3-4-6-16(15)25-19(22)18(17)21(23)24;1-7-5-3-2-4-6-7/h3-10,12,20H,11H2,1-2H3;2-6H,1H3. The van der Waals surface area contributed by atoms with Gasteiger partial charge in [0.25, 0.3) is 0 Å². The second kappa shape index (κ2) is 10.4. The Hall–Kier alpha value is -3.93. The molecule has 0 saturated carbocycles. The largest absolute Gasteiger partial charge is 0.418 e. The molecular formula is C26H26N2O4. The van der Waals surface area contributed by atoms with Crippen molar-refractivity contribution in [3.05, 3.63) is 116 Å². The minimum absolute atomic E-state index is 0.185. The highest BCUT2D eigenvalue weighted by Gasteiger charge is 2.24. The van der Waals surface area contributed by atoms with Crippen molar-refractivity contribution in [3.8, 4) is 0 Å². The first-order valence-electron chi connectivity index (χ1n) is 10.4. The molecule has 1 aromatic heterocycles. The van der Waals surface area contributed by atoms with Crippen LogP contribution in [0.2, 0.25) is 0 Å². The van der Waals surface area contributed by atoms with Crippen molar-refractivity contribution in [1.29, 1.82) is 0 Å². The van der Waals surface area contributed by atoms with Crippen molar-refractivity contribution in [1.82, 2.24) is 0 Å². The molecule has 1 N–H and O–H groups in total. The second-order valence-electron chi connectivity index (χ2n) is 7.77. The molecule has 0 amide bonds. The second-order valence-corrected chi connectivity index (χ2v) is 7.77. The molecule has 6 heteroatoms. The first-order valence-corrected chi connectivity index (χ1v) is 10.4. The summed E-state index contributed by atoms with van der Waals surface area (Å²) in [4.78, 5) is 22.6. The van der Waals surface area contributed by atoms with Crippen LogP contribution in [0.3, 0.4) is 0 Å². The molecule has 0 aliphatic heterocycles. The van der Waals surface area contributed by atoms with Crippen LogP contribution in [0, 0.1) is 17.0 Å². The van der Waals surface area contributed by atoms with E-state index in [1.165, 1.54) is 11.1 Å². The summed E-state index contributed by atoms with van der Waals surface area (Å²) < 4.78 is 5.05. The van der Waals surface area contributed by atoms with Gasteiger partial charge in [0, 0.05) is 11.9 Å².